The van der Waals surface area contributed by atoms with Gasteiger partial charge in [-0.15, -0.1) is 0 Å². The molecule has 0 aromatic heterocycles. The highest BCUT2D eigenvalue weighted by Gasteiger charge is 2.14. The van der Waals surface area contributed by atoms with Gasteiger partial charge in [-0.25, -0.2) is 0 Å². The van der Waals surface area contributed by atoms with Crippen LogP contribution in [0.3, 0.4) is 0 Å². The molecule has 0 rings (SSSR count). The van der Waals surface area contributed by atoms with Crippen LogP contribution in [0.25, 0.3) is 0 Å². The highest BCUT2D eigenvalue weighted by Crippen LogP contribution is 2.05. The zero-order chi connectivity index (χ0) is 8.69. The maximum absolute atomic E-state index is 11.1. The van der Waals surface area contributed by atoms with Crippen LogP contribution in [0.15, 0.2) is 0 Å². The van der Waals surface area contributed by atoms with E-state index in [1.807, 2.05) is 0 Å². The van der Waals surface area contributed by atoms with Crippen molar-refractivity contribution in [2.24, 2.45) is 5.92 Å². The molecular formula is C8H17NO2. The maximum Gasteiger partial charge on any atom is 0.225 e. The molecule has 0 heterocycles. The van der Waals surface area contributed by atoms with Crippen molar-refractivity contribution in [3.8, 4) is 0 Å². The molecule has 0 fully saturated rings. The van der Waals surface area contributed by atoms with Crippen LogP contribution in [0, 0.1) is 5.92 Å². The number of hydrogen-bond donors (Lipinski definition) is 1. The fourth-order valence-electron chi connectivity index (χ4n) is 1.04. The maximum atomic E-state index is 11.1. The van der Waals surface area contributed by atoms with Crippen LogP contribution in [0.4, 0.5) is 0 Å². The van der Waals surface area contributed by atoms with E-state index in [4.69, 9.17) is 4.74 Å². The molecular weight excluding hydrogens is 142 g/mol. The van der Waals surface area contributed by atoms with Crippen LogP contribution in [0.5, 0.6) is 0 Å². The summed E-state index contributed by atoms with van der Waals surface area (Å²) in [7, 11) is 3.27. The van der Waals surface area contributed by atoms with Crippen LogP contribution in [-0.2, 0) is 9.53 Å². The third-order valence-electron chi connectivity index (χ3n) is 1.62. The van der Waals surface area contributed by atoms with E-state index in [0.717, 1.165) is 12.8 Å². The van der Waals surface area contributed by atoms with E-state index in [1.165, 1.54) is 0 Å². The van der Waals surface area contributed by atoms with Gasteiger partial charge >= 0.3 is 0 Å². The molecule has 1 amide bonds. The Hall–Kier alpha value is -0.570. The Bertz CT molecular complexity index is 109. The number of carbonyl (C=O) groups excluding carboxylic acids is 1. The van der Waals surface area contributed by atoms with Gasteiger partial charge in [-0.2, -0.15) is 0 Å². The first-order valence-corrected chi connectivity index (χ1v) is 3.96. The minimum atomic E-state index is 0.0231. The molecule has 1 N–H and O–H groups in total. The van der Waals surface area contributed by atoms with Crippen molar-refractivity contribution in [1.82, 2.24) is 5.32 Å². The number of ether oxygens (including phenoxy) is 1. The minimum absolute atomic E-state index is 0.0231. The average Bonchev–Trinajstić information content (AvgIpc) is 2.03. The molecule has 0 aliphatic heterocycles. The molecule has 0 aliphatic carbocycles. The second kappa shape index (κ2) is 6.16. The molecule has 0 spiro atoms. The van der Waals surface area contributed by atoms with E-state index in [2.05, 4.69) is 12.2 Å². The van der Waals surface area contributed by atoms with Crippen molar-refractivity contribution >= 4 is 5.91 Å². The van der Waals surface area contributed by atoms with Crippen molar-refractivity contribution < 1.29 is 9.53 Å². The Labute approximate surface area is 68.1 Å². The van der Waals surface area contributed by atoms with Crippen LogP contribution in [0.2, 0.25) is 0 Å². The fraction of sp³-hybridized carbons (Fsp3) is 0.875. The summed E-state index contributed by atoms with van der Waals surface area (Å²) >= 11 is 0. The third kappa shape index (κ3) is 3.98. The van der Waals surface area contributed by atoms with Gasteiger partial charge in [0.05, 0.1) is 12.5 Å². The molecule has 0 saturated carbocycles. The highest BCUT2D eigenvalue weighted by molar-refractivity contribution is 5.78. The summed E-state index contributed by atoms with van der Waals surface area (Å²) in [5.41, 5.74) is 0. The Morgan fingerprint density at radius 2 is 2.27 bits per heavy atom. The van der Waals surface area contributed by atoms with E-state index in [-0.39, 0.29) is 11.8 Å². The van der Waals surface area contributed by atoms with E-state index in [0.29, 0.717) is 6.61 Å². The van der Waals surface area contributed by atoms with Crippen LogP contribution in [-0.4, -0.2) is 26.7 Å². The third-order valence-corrected chi connectivity index (χ3v) is 1.62. The van der Waals surface area contributed by atoms with Gasteiger partial charge in [0.15, 0.2) is 0 Å². The van der Waals surface area contributed by atoms with Crippen molar-refractivity contribution in [2.45, 2.75) is 19.8 Å². The van der Waals surface area contributed by atoms with Crippen LogP contribution < -0.4 is 5.32 Å². The number of nitrogens with one attached hydrogen (secondary N) is 1. The smallest absolute Gasteiger partial charge is 0.225 e. The highest BCUT2D eigenvalue weighted by atomic mass is 16.5. The van der Waals surface area contributed by atoms with Crippen molar-refractivity contribution in [1.29, 1.82) is 0 Å². The van der Waals surface area contributed by atoms with Gasteiger partial charge in [0.1, 0.15) is 0 Å². The normalized spacial score (nSPS) is 12.6. The molecule has 66 valence electrons. The van der Waals surface area contributed by atoms with E-state index < -0.39 is 0 Å². The minimum Gasteiger partial charge on any atom is -0.384 e. The van der Waals surface area contributed by atoms with E-state index in [1.54, 1.807) is 14.2 Å². The average molecular weight is 159 g/mol. The molecule has 3 heteroatoms. The zero-order valence-electron chi connectivity index (χ0n) is 7.52. The largest absolute Gasteiger partial charge is 0.384 e. The molecule has 0 saturated heterocycles. The summed E-state index contributed by atoms with van der Waals surface area (Å²) in [5, 5.41) is 2.62. The predicted octanol–water partition coefficient (Wildman–Crippen LogP) is 0.795. The molecule has 0 aliphatic rings. The van der Waals surface area contributed by atoms with Crippen LogP contribution in [0.1, 0.15) is 19.8 Å². The van der Waals surface area contributed by atoms with Crippen molar-refractivity contribution in [3.63, 3.8) is 0 Å². The topological polar surface area (TPSA) is 38.3 Å². The summed E-state index contributed by atoms with van der Waals surface area (Å²) in [6.45, 7) is 2.58. The summed E-state index contributed by atoms with van der Waals surface area (Å²) in [5.74, 6) is 0.101. The zero-order valence-corrected chi connectivity index (χ0v) is 7.52. The quantitative estimate of drug-likeness (QED) is 0.644. The molecule has 0 bridgehead atoms. The lowest BCUT2D eigenvalue weighted by molar-refractivity contribution is -0.126. The monoisotopic (exact) mass is 159 g/mol. The lowest BCUT2D eigenvalue weighted by atomic mass is 10.0. The van der Waals surface area contributed by atoms with Gasteiger partial charge < -0.3 is 10.1 Å². The predicted molar refractivity (Wildman–Crippen MR) is 44.3 cm³/mol. The van der Waals surface area contributed by atoms with Gasteiger partial charge in [0.25, 0.3) is 0 Å². The Morgan fingerprint density at radius 3 is 2.64 bits per heavy atom. The number of amides is 1. The van der Waals surface area contributed by atoms with Gasteiger partial charge in [-0.1, -0.05) is 13.3 Å². The molecule has 1 atom stereocenters. The van der Waals surface area contributed by atoms with Gasteiger partial charge in [-0.05, 0) is 6.42 Å². The van der Waals surface area contributed by atoms with Crippen molar-refractivity contribution in [3.05, 3.63) is 0 Å². The van der Waals surface area contributed by atoms with Gasteiger partial charge in [0, 0.05) is 14.2 Å². The van der Waals surface area contributed by atoms with Gasteiger partial charge in [0.2, 0.25) is 5.91 Å². The Kier molecular flexibility index (Phi) is 5.84. The fourth-order valence-corrected chi connectivity index (χ4v) is 1.04. The SMILES string of the molecule is CCCC(COC)C(=O)NC. The molecule has 3 nitrogen and oxygen atoms in total. The first-order valence-electron chi connectivity index (χ1n) is 3.96. The Balaban J connectivity index is 3.76. The lowest BCUT2D eigenvalue weighted by Gasteiger charge is -2.12. The molecule has 0 aromatic rings. The van der Waals surface area contributed by atoms with Gasteiger partial charge in [-0.3, -0.25) is 4.79 Å². The number of hydrogen-bond acceptors (Lipinski definition) is 2. The summed E-state index contributed by atoms with van der Waals surface area (Å²) in [4.78, 5) is 11.1. The first kappa shape index (κ1) is 10.4. The number of carbonyl (C=O) groups is 1. The second-order valence-corrected chi connectivity index (χ2v) is 2.56. The second-order valence-electron chi connectivity index (χ2n) is 2.56. The molecule has 1 unspecified atom stereocenters. The lowest BCUT2D eigenvalue weighted by Crippen LogP contribution is -2.30. The summed E-state index contributed by atoms with van der Waals surface area (Å²) in [6.07, 6.45) is 1.91. The molecule has 0 aromatic carbocycles. The van der Waals surface area contributed by atoms with Crippen molar-refractivity contribution in [2.75, 3.05) is 20.8 Å². The number of methoxy groups -OCH3 is 1. The Morgan fingerprint density at radius 1 is 1.64 bits per heavy atom. The standard InChI is InChI=1S/C8H17NO2/c1-4-5-7(6-11-3)8(10)9-2/h7H,4-6H2,1-3H3,(H,9,10). The van der Waals surface area contributed by atoms with E-state index in [9.17, 15) is 4.79 Å². The van der Waals surface area contributed by atoms with E-state index >= 15 is 0 Å². The molecule has 11 heavy (non-hydrogen) atoms. The summed E-state index contributed by atoms with van der Waals surface area (Å²) < 4.78 is 4.92. The van der Waals surface area contributed by atoms with Crippen LogP contribution >= 0.6 is 0 Å². The summed E-state index contributed by atoms with van der Waals surface area (Å²) in [6, 6.07) is 0. The number of rotatable bonds is 5. The first-order chi connectivity index (χ1) is 5.26. The molecule has 0 radical (unpaired) electrons.